The maximum absolute atomic E-state index is 5.80. The van der Waals surface area contributed by atoms with E-state index >= 15 is 0 Å². The summed E-state index contributed by atoms with van der Waals surface area (Å²) in [6.07, 6.45) is 2.74. The highest BCUT2D eigenvalue weighted by molar-refractivity contribution is 9.10. The topological polar surface area (TPSA) is 33.7 Å². The van der Waals surface area contributed by atoms with Gasteiger partial charge in [-0.1, -0.05) is 22.9 Å². The van der Waals surface area contributed by atoms with Crippen molar-refractivity contribution in [3.63, 3.8) is 0 Å². The number of nitrogens with zero attached hydrogens (tertiary/aromatic N) is 1. The second kappa shape index (κ2) is 8.90. The van der Waals surface area contributed by atoms with Gasteiger partial charge < -0.3 is 14.8 Å². The molecule has 1 heterocycles. The third-order valence-electron chi connectivity index (χ3n) is 4.30. The molecule has 1 aromatic rings. The first kappa shape index (κ1) is 18.6. The molecule has 0 aliphatic carbocycles. The maximum Gasteiger partial charge on any atom is 0.162 e. The van der Waals surface area contributed by atoms with Crippen LogP contribution in [0.4, 0.5) is 0 Å². The molecule has 4 nitrogen and oxygen atoms in total. The van der Waals surface area contributed by atoms with Crippen molar-refractivity contribution < 1.29 is 9.47 Å². The van der Waals surface area contributed by atoms with Crippen LogP contribution >= 0.6 is 15.9 Å². The average Bonchev–Trinajstić information content (AvgIpc) is 2.96. The van der Waals surface area contributed by atoms with E-state index in [2.05, 4.69) is 39.1 Å². The average molecular weight is 385 g/mol. The lowest BCUT2D eigenvalue weighted by atomic mass is 10.1. The van der Waals surface area contributed by atoms with Gasteiger partial charge in [-0.3, -0.25) is 4.90 Å². The van der Waals surface area contributed by atoms with E-state index in [0.717, 1.165) is 35.6 Å². The van der Waals surface area contributed by atoms with Crippen LogP contribution < -0.4 is 14.8 Å². The predicted molar refractivity (Wildman–Crippen MR) is 98.4 cm³/mol. The molecule has 23 heavy (non-hydrogen) atoms. The van der Waals surface area contributed by atoms with Crippen LogP contribution in [0.5, 0.6) is 11.5 Å². The van der Waals surface area contributed by atoms with E-state index in [0.29, 0.717) is 6.04 Å². The van der Waals surface area contributed by atoms with Gasteiger partial charge in [0.05, 0.1) is 13.2 Å². The smallest absolute Gasteiger partial charge is 0.162 e. The van der Waals surface area contributed by atoms with Crippen molar-refractivity contribution in [2.24, 2.45) is 0 Å². The first-order valence-electron chi connectivity index (χ1n) is 8.53. The van der Waals surface area contributed by atoms with Gasteiger partial charge in [-0.25, -0.2) is 0 Å². The Morgan fingerprint density at radius 3 is 2.78 bits per heavy atom. The lowest BCUT2D eigenvalue weighted by Crippen LogP contribution is -2.37. The van der Waals surface area contributed by atoms with Crippen molar-refractivity contribution in [3.05, 3.63) is 22.2 Å². The van der Waals surface area contributed by atoms with Crippen LogP contribution in [0.15, 0.2) is 16.6 Å². The number of likely N-dealkylation sites (tertiary alicyclic amines) is 1. The summed E-state index contributed by atoms with van der Waals surface area (Å²) in [5.74, 6) is 1.57. The number of nitrogens with one attached hydrogen (secondary N) is 1. The Bertz CT molecular complexity index is 508. The standard InChI is InChI=1S/C18H29BrN2O2/c1-5-21-8-6-7-15(21)12-20-11-14-9-17(22-4)18(10-16(14)19)23-13(2)3/h9-10,13,15,20H,5-8,11-12H2,1-4H3. The molecule has 1 saturated heterocycles. The van der Waals surface area contributed by atoms with Gasteiger partial charge in [0.2, 0.25) is 0 Å². The van der Waals surface area contributed by atoms with Gasteiger partial charge in [0.25, 0.3) is 0 Å². The summed E-state index contributed by atoms with van der Waals surface area (Å²) in [5.41, 5.74) is 1.19. The highest BCUT2D eigenvalue weighted by Crippen LogP contribution is 2.34. The second-order valence-electron chi connectivity index (χ2n) is 6.32. The molecule has 0 bridgehead atoms. The highest BCUT2D eigenvalue weighted by atomic mass is 79.9. The fourth-order valence-corrected chi connectivity index (χ4v) is 3.60. The first-order valence-corrected chi connectivity index (χ1v) is 9.32. The molecular weight excluding hydrogens is 356 g/mol. The van der Waals surface area contributed by atoms with Crippen LogP contribution in [0.3, 0.4) is 0 Å². The largest absolute Gasteiger partial charge is 0.493 e. The van der Waals surface area contributed by atoms with Crippen molar-refractivity contribution in [1.82, 2.24) is 10.2 Å². The first-order chi connectivity index (χ1) is 11.0. The van der Waals surface area contributed by atoms with Gasteiger partial charge in [-0.15, -0.1) is 0 Å². The van der Waals surface area contributed by atoms with Crippen LogP contribution in [0.25, 0.3) is 0 Å². The molecule has 2 rings (SSSR count). The highest BCUT2D eigenvalue weighted by Gasteiger charge is 2.22. The minimum absolute atomic E-state index is 0.127. The normalized spacial score (nSPS) is 18.6. The van der Waals surface area contributed by atoms with Crippen LogP contribution in [0.1, 0.15) is 39.2 Å². The number of likely N-dealkylation sites (N-methyl/N-ethyl adjacent to an activating group) is 1. The molecule has 0 amide bonds. The van der Waals surface area contributed by atoms with Gasteiger partial charge >= 0.3 is 0 Å². The van der Waals surface area contributed by atoms with Crippen LogP contribution in [0, 0.1) is 0 Å². The number of benzene rings is 1. The molecular formula is C18H29BrN2O2. The van der Waals surface area contributed by atoms with Gasteiger partial charge in [-0.05, 0) is 57.5 Å². The summed E-state index contributed by atoms with van der Waals surface area (Å²) >= 11 is 3.65. The van der Waals surface area contributed by atoms with E-state index in [-0.39, 0.29) is 6.10 Å². The summed E-state index contributed by atoms with van der Waals surface area (Å²) < 4.78 is 12.3. The van der Waals surface area contributed by atoms with E-state index in [1.807, 2.05) is 19.9 Å². The van der Waals surface area contributed by atoms with Crippen molar-refractivity contribution in [2.75, 3.05) is 26.7 Å². The SMILES string of the molecule is CCN1CCCC1CNCc1cc(OC)c(OC(C)C)cc1Br. The number of hydrogen-bond acceptors (Lipinski definition) is 4. The van der Waals surface area contributed by atoms with E-state index in [1.165, 1.54) is 24.9 Å². The Labute approximate surface area is 148 Å². The number of ether oxygens (including phenoxy) is 2. The van der Waals surface area contributed by atoms with E-state index in [4.69, 9.17) is 9.47 Å². The molecule has 1 aromatic carbocycles. The summed E-state index contributed by atoms with van der Waals surface area (Å²) in [6.45, 7) is 10.5. The van der Waals surface area contributed by atoms with Gasteiger partial charge in [0.1, 0.15) is 0 Å². The van der Waals surface area contributed by atoms with E-state index in [1.54, 1.807) is 7.11 Å². The molecule has 0 saturated carbocycles. The minimum Gasteiger partial charge on any atom is -0.493 e. The molecule has 1 N–H and O–H groups in total. The van der Waals surface area contributed by atoms with Gasteiger partial charge in [0.15, 0.2) is 11.5 Å². The zero-order valence-corrected chi connectivity index (χ0v) is 16.3. The van der Waals surface area contributed by atoms with Gasteiger partial charge in [-0.2, -0.15) is 0 Å². The fraction of sp³-hybridized carbons (Fsp3) is 0.667. The molecule has 0 aromatic heterocycles. The Morgan fingerprint density at radius 1 is 1.35 bits per heavy atom. The zero-order chi connectivity index (χ0) is 16.8. The molecule has 1 fully saturated rings. The quantitative estimate of drug-likeness (QED) is 0.738. The van der Waals surface area contributed by atoms with Gasteiger partial charge in [0, 0.05) is 23.6 Å². The Balaban J connectivity index is 1.97. The molecule has 1 aliphatic heterocycles. The molecule has 1 atom stereocenters. The minimum atomic E-state index is 0.127. The second-order valence-corrected chi connectivity index (χ2v) is 7.17. The summed E-state index contributed by atoms with van der Waals surface area (Å²) in [4.78, 5) is 2.56. The van der Waals surface area contributed by atoms with Crippen LogP contribution in [-0.4, -0.2) is 43.8 Å². The number of halogens is 1. The lowest BCUT2D eigenvalue weighted by molar-refractivity contribution is 0.230. The lowest BCUT2D eigenvalue weighted by Gasteiger charge is -2.23. The fourth-order valence-electron chi connectivity index (χ4n) is 3.13. The monoisotopic (exact) mass is 384 g/mol. The Kier molecular flexibility index (Phi) is 7.18. The molecule has 5 heteroatoms. The van der Waals surface area contributed by atoms with E-state index in [9.17, 15) is 0 Å². The number of methoxy groups -OCH3 is 1. The van der Waals surface area contributed by atoms with Crippen LogP contribution in [-0.2, 0) is 6.54 Å². The predicted octanol–water partition coefficient (Wildman–Crippen LogP) is 3.82. The summed E-state index contributed by atoms with van der Waals surface area (Å²) in [7, 11) is 1.69. The molecule has 0 radical (unpaired) electrons. The third kappa shape index (κ3) is 5.10. The molecule has 1 aliphatic rings. The summed E-state index contributed by atoms with van der Waals surface area (Å²) in [5, 5.41) is 3.59. The molecule has 1 unspecified atom stereocenters. The van der Waals surface area contributed by atoms with E-state index < -0.39 is 0 Å². The number of rotatable bonds is 8. The maximum atomic E-state index is 5.80. The van der Waals surface area contributed by atoms with Crippen LogP contribution in [0.2, 0.25) is 0 Å². The van der Waals surface area contributed by atoms with Crippen molar-refractivity contribution in [1.29, 1.82) is 0 Å². The van der Waals surface area contributed by atoms with Crippen molar-refractivity contribution in [2.45, 2.75) is 52.3 Å². The third-order valence-corrected chi connectivity index (χ3v) is 5.03. The Morgan fingerprint density at radius 2 is 2.13 bits per heavy atom. The van der Waals surface area contributed by atoms with Crippen molar-refractivity contribution in [3.8, 4) is 11.5 Å². The van der Waals surface area contributed by atoms with Crippen molar-refractivity contribution >= 4 is 15.9 Å². The molecule has 130 valence electrons. The summed E-state index contributed by atoms with van der Waals surface area (Å²) in [6, 6.07) is 4.73. The molecule has 0 spiro atoms. The Hall–Kier alpha value is -0.780. The number of hydrogen-bond donors (Lipinski definition) is 1. The zero-order valence-electron chi connectivity index (χ0n) is 14.7.